The third kappa shape index (κ3) is 6.68. The highest BCUT2D eigenvalue weighted by molar-refractivity contribution is 4.83. The van der Waals surface area contributed by atoms with Crippen LogP contribution in [-0.2, 0) is 4.74 Å². The lowest BCUT2D eigenvalue weighted by Gasteiger charge is -2.40. The van der Waals surface area contributed by atoms with Crippen molar-refractivity contribution in [1.29, 1.82) is 0 Å². The van der Waals surface area contributed by atoms with Gasteiger partial charge < -0.3 is 14.5 Å². The Balaban J connectivity index is 1.42. The van der Waals surface area contributed by atoms with Crippen molar-refractivity contribution in [2.45, 2.75) is 103 Å². The van der Waals surface area contributed by atoms with Gasteiger partial charge in [0.05, 0.1) is 12.7 Å². The predicted octanol–water partition coefficient (Wildman–Crippen LogP) is 4.24. The average molecular weight is 394 g/mol. The molecule has 0 aromatic heterocycles. The lowest BCUT2D eigenvalue weighted by molar-refractivity contribution is -0.0569. The fourth-order valence-corrected chi connectivity index (χ4v) is 5.74. The average Bonchev–Trinajstić information content (AvgIpc) is 2.94. The summed E-state index contributed by atoms with van der Waals surface area (Å²) >= 11 is 0. The standard InChI is InChI=1S/C24H47N3O/c1-20(2)25-13-8-9-23(10-14-25)17-21(3)27-15-16-28-24(19-27)18-22(4)26-11-6-5-7-12-26/h20-24H,5-19H2,1-4H3. The van der Waals surface area contributed by atoms with E-state index in [4.69, 9.17) is 4.74 Å². The molecule has 0 saturated carbocycles. The molecule has 3 saturated heterocycles. The van der Waals surface area contributed by atoms with Crippen LogP contribution in [0.25, 0.3) is 0 Å². The summed E-state index contributed by atoms with van der Waals surface area (Å²) in [5.74, 6) is 0.910. The van der Waals surface area contributed by atoms with Gasteiger partial charge in [0, 0.05) is 31.2 Å². The predicted molar refractivity (Wildman–Crippen MR) is 119 cm³/mol. The molecule has 3 heterocycles. The third-order valence-electron chi connectivity index (χ3n) is 7.70. The van der Waals surface area contributed by atoms with E-state index in [9.17, 15) is 0 Å². The van der Waals surface area contributed by atoms with Crippen LogP contribution in [0, 0.1) is 5.92 Å². The van der Waals surface area contributed by atoms with E-state index in [2.05, 4.69) is 42.4 Å². The van der Waals surface area contributed by atoms with Crippen LogP contribution in [0.1, 0.15) is 79.1 Å². The van der Waals surface area contributed by atoms with E-state index < -0.39 is 0 Å². The molecule has 28 heavy (non-hydrogen) atoms. The molecule has 3 aliphatic heterocycles. The fourth-order valence-electron chi connectivity index (χ4n) is 5.74. The van der Waals surface area contributed by atoms with Crippen LogP contribution in [0.2, 0.25) is 0 Å². The minimum atomic E-state index is 0.429. The molecule has 164 valence electrons. The van der Waals surface area contributed by atoms with E-state index in [-0.39, 0.29) is 0 Å². The quantitative estimate of drug-likeness (QED) is 0.644. The smallest absolute Gasteiger partial charge is 0.0717 e. The Morgan fingerprint density at radius 1 is 0.714 bits per heavy atom. The normalized spacial score (nSPS) is 31.6. The Kier molecular flexibility index (Phi) is 9.08. The van der Waals surface area contributed by atoms with Crippen LogP contribution in [-0.4, -0.2) is 84.8 Å². The number of morpholine rings is 1. The monoisotopic (exact) mass is 393 g/mol. The van der Waals surface area contributed by atoms with Gasteiger partial charge in [0.15, 0.2) is 0 Å². The van der Waals surface area contributed by atoms with E-state index >= 15 is 0 Å². The van der Waals surface area contributed by atoms with Crippen molar-refractivity contribution in [3.05, 3.63) is 0 Å². The number of likely N-dealkylation sites (tertiary alicyclic amines) is 2. The first-order valence-corrected chi connectivity index (χ1v) is 12.4. The molecule has 0 bridgehead atoms. The number of hydrogen-bond acceptors (Lipinski definition) is 4. The van der Waals surface area contributed by atoms with Crippen molar-refractivity contribution in [3.63, 3.8) is 0 Å². The molecule has 3 rings (SSSR count). The van der Waals surface area contributed by atoms with Crippen LogP contribution in [0.5, 0.6) is 0 Å². The zero-order chi connectivity index (χ0) is 19.9. The summed E-state index contributed by atoms with van der Waals surface area (Å²) in [6.07, 6.45) is 11.4. The highest BCUT2D eigenvalue weighted by atomic mass is 16.5. The summed E-state index contributed by atoms with van der Waals surface area (Å²) < 4.78 is 6.20. The first kappa shape index (κ1) is 22.5. The highest BCUT2D eigenvalue weighted by Crippen LogP contribution is 2.26. The Bertz CT molecular complexity index is 438. The van der Waals surface area contributed by atoms with Crippen LogP contribution in [0.15, 0.2) is 0 Å². The third-order valence-corrected chi connectivity index (χ3v) is 7.70. The molecule has 0 radical (unpaired) electrons. The van der Waals surface area contributed by atoms with E-state index in [0.717, 1.165) is 25.6 Å². The zero-order valence-corrected chi connectivity index (χ0v) is 19.2. The summed E-state index contributed by atoms with van der Waals surface area (Å²) in [5, 5.41) is 0. The molecule has 0 spiro atoms. The molecule has 4 nitrogen and oxygen atoms in total. The fraction of sp³-hybridized carbons (Fsp3) is 1.00. The summed E-state index contributed by atoms with van der Waals surface area (Å²) in [5.41, 5.74) is 0. The van der Waals surface area contributed by atoms with E-state index in [1.165, 1.54) is 77.5 Å². The van der Waals surface area contributed by atoms with Gasteiger partial charge in [0.25, 0.3) is 0 Å². The first-order valence-electron chi connectivity index (χ1n) is 12.4. The van der Waals surface area contributed by atoms with Crippen molar-refractivity contribution in [3.8, 4) is 0 Å². The van der Waals surface area contributed by atoms with E-state index in [1.807, 2.05) is 0 Å². The summed E-state index contributed by atoms with van der Waals surface area (Å²) in [6.45, 7) is 18.0. The van der Waals surface area contributed by atoms with Gasteiger partial charge in [-0.25, -0.2) is 0 Å². The molecule has 3 fully saturated rings. The van der Waals surface area contributed by atoms with Crippen LogP contribution in [0.4, 0.5) is 0 Å². The van der Waals surface area contributed by atoms with Gasteiger partial charge in [-0.15, -0.1) is 0 Å². The first-order chi connectivity index (χ1) is 13.5. The Hall–Kier alpha value is -0.160. The summed E-state index contributed by atoms with van der Waals surface area (Å²) in [4.78, 5) is 8.11. The van der Waals surface area contributed by atoms with Gasteiger partial charge in [0.2, 0.25) is 0 Å². The summed E-state index contributed by atoms with van der Waals surface area (Å²) in [6, 6.07) is 2.08. The Morgan fingerprint density at radius 3 is 2.18 bits per heavy atom. The molecule has 0 aromatic rings. The van der Waals surface area contributed by atoms with Gasteiger partial charge in [-0.3, -0.25) is 4.90 Å². The molecular weight excluding hydrogens is 346 g/mol. The maximum Gasteiger partial charge on any atom is 0.0717 e. The van der Waals surface area contributed by atoms with Crippen molar-refractivity contribution in [1.82, 2.24) is 14.7 Å². The van der Waals surface area contributed by atoms with Crippen molar-refractivity contribution in [2.24, 2.45) is 5.92 Å². The Labute approximate surface area is 175 Å². The van der Waals surface area contributed by atoms with Gasteiger partial charge in [-0.1, -0.05) is 6.42 Å². The maximum absolute atomic E-state index is 6.20. The van der Waals surface area contributed by atoms with E-state index in [0.29, 0.717) is 24.2 Å². The minimum Gasteiger partial charge on any atom is -0.375 e. The maximum atomic E-state index is 6.20. The topological polar surface area (TPSA) is 19.0 Å². The lowest BCUT2D eigenvalue weighted by Crippen LogP contribution is -2.49. The molecule has 0 N–H and O–H groups in total. The molecule has 4 unspecified atom stereocenters. The number of hydrogen-bond donors (Lipinski definition) is 0. The van der Waals surface area contributed by atoms with Crippen LogP contribution in [0.3, 0.4) is 0 Å². The molecule has 3 aliphatic rings. The molecule has 0 aromatic carbocycles. The van der Waals surface area contributed by atoms with Gasteiger partial charge in [-0.05, 0) is 105 Å². The number of rotatable bonds is 7. The van der Waals surface area contributed by atoms with Crippen LogP contribution >= 0.6 is 0 Å². The molecule has 4 atom stereocenters. The summed E-state index contributed by atoms with van der Waals surface area (Å²) in [7, 11) is 0. The minimum absolute atomic E-state index is 0.429. The largest absolute Gasteiger partial charge is 0.375 e. The van der Waals surface area contributed by atoms with Crippen molar-refractivity contribution in [2.75, 3.05) is 45.9 Å². The number of piperidine rings is 1. The highest BCUT2D eigenvalue weighted by Gasteiger charge is 2.29. The van der Waals surface area contributed by atoms with Crippen molar-refractivity contribution >= 4 is 0 Å². The van der Waals surface area contributed by atoms with Gasteiger partial charge >= 0.3 is 0 Å². The van der Waals surface area contributed by atoms with Gasteiger partial charge in [0.1, 0.15) is 0 Å². The second-order valence-corrected chi connectivity index (χ2v) is 10.2. The second kappa shape index (κ2) is 11.3. The molecule has 0 aliphatic carbocycles. The number of nitrogens with zero attached hydrogens (tertiary/aromatic N) is 3. The van der Waals surface area contributed by atoms with Gasteiger partial charge in [-0.2, -0.15) is 0 Å². The van der Waals surface area contributed by atoms with E-state index in [1.54, 1.807) is 0 Å². The second-order valence-electron chi connectivity index (χ2n) is 10.2. The zero-order valence-electron chi connectivity index (χ0n) is 19.2. The molecule has 4 heteroatoms. The molecule has 0 amide bonds. The lowest BCUT2D eigenvalue weighted by atomic mass is 9.92. The van der Waals surface area contributed by atoms with Crippen LogP contribution < -0.4 is 0 Å². The number of ether oxygens (including phenoxy) is 1. The SMILES string of the molecule is CC(C)N1CCCC(CC(C)N2CCOC(CC(C)N3CCCCC3)C2)CC1. The van der Waals surface area contributed by atoms with Crippen molar-refractivity contribution < 1.29 is 4.74 Å². The molecular formula is C24H47N3O. The Morgan fingerprint density at radius 2 is 1.43 bits per heavy atom.